The molecule has 2 heterocycles. The van der Waals surface area contributed by atoms with Gasteiger partial charge < -0.3 is 5.32 Å². The molecule has 0 saturated carbocycles. The molecule has 3 heteroatoms. The average Bonchev–Trinajstić information content (AvgIpc) is 2.02. The highest BCUT2D eigenvalue weighted by Gasteiger charge is 2.21. The van der Waals surface area contributed by atoms with E-state index in [1.54, 1.807) is 0 Å². The molecule has 13 heavy (non-hydrogen) atoms. The van der Waals surface area contributed by atoms with Gasteiger partial charge in [0, 0.05) is 30.3 Å². The number of nitrogens with one attached hydrogen (secondary N) is 1. The molecule has 0 spiro atoms. The lowest BCUT2D eigenvalue weighted by atomic mass is 9.97. The summed E-state index contributed by atoms with van der Waals surface area (Å²) in [6, 6.07) is 0.913. The zero-order valence-electron chi connectivity index (χ0n) is 8.33. The van der Waals surface area contributed by atoms with Crippen molar-refractivity contribution in [1.82, 2.24) is 15.3 Å². The number of rotatable bonds is 0. The molecule has 0 saturated heterocycles. The van der Waals surface area contributed by atoms with Crippen LogP contribution in [0.1, 0.15) is 37.0 Å². The van der Waals surface area contributed by atoms with Gasteiger partial charge in [0.05, 0.1) is 5.69 Å². The lowest BCUT2D eigenvalue weighted by Crippen LogP contribution is -2.36. The van der Waals surface area contributed by atoms with Gasteiger partial charge in [-0.05, 0) is 20.8 Å². The van der Waals surface area contributed by atoms with Crippen LogP contribution in [0.4, 0.5) is 0 Å². The summed E-state index contributed by atoms with van der Waals surface area (Å²) in [5.74, 6) is 0.875. The minimum atomic E-state index is 0.388. The van der Waals surface area contributed by atoms with Crippen LogP contribution in [0.25, 0.3) is 0 Å². The summed E-state index contributed by atoms with van der Waals surface area (Å²) in [7, 11) is 0. The molecule has 0 amide bonds. The summed E-state index contributed by atoms with van der Waals surface area (Å²) in [4.78, 5) is 8.68. The highest BCUT2D eigenvalue weighted by atomic mass is 15.0. The van der Waals surface area contributed by atoms with Crippen LogP contribution in [0, 0.1) is 6.92 Å². The molecule has 0 aromatic carbocycles. The maximum absolute atomic E-state index is 4.46. The van der Waals surface area contributed by atoms with Crippen LogP contribution in [0.15, 0.2) is 6.20 Å². The fourth-order valence-electron chi connectivity index (χ4n) is 1.92. The molecule has 0 fully saturated rings. The molecule has 2 unspecified atom stereocenters. The Morgan fingerprint density at radius 3 is 3.00 bits per heavy atom. The van der Waals surface area contributed by atoms with Gasteiger partial charge in [0.25, 0.3) is 0 Å². The molecule has 0 bridgehead atoms. The summed E-state index contributed by atoms with van der Waals surface area (Å²) in [5, 5.41) is 3.47. The van der Waals surface area contributed by atoms with E-state index in [1.165, 1.54) is 11.3 Å². The molecule has 1 aromatic rings. The minimum absolute atomic E-state index is 0.388. The molecular formula is C10H15N3. The molecule has 2 atom stereocenters. The number of aryl methyl sites for hydroxylation is 1. The Kier molecular flexibility index (Phi) is 2.04. The van der Waals surface area contributed by atoms with Crippen LogP contribution in [0.5, 0.6) is 0 Å². The third-order valence-corrected chi connectivity index (χ3v) is 2.52. The second-order valence-corrected chi connectivity index (χ2v) is 3.81. The maximum Gasteiger partial charge on any atom is 0.125 e. The first kappa shape index (κ1) is 8.63. The van der Waals surface area contributed by atoms with Crippen LogP contribution < -0.4 is 5.32 Å². The monoisotopic (exact) mass is 177 g/mol. The molecule has 1 N–H and O–H groups in total. The van der Waals surface area contributed by atoms with E-state index in [4.69, 9.17) is 0 Å². The zero-order valence-corrected chi connectivity index (χ0v) is 8.33. The summed E-state index contributed by atoms with van der Waals surface area (Å²) >= 11 is 0. The Labute approximate surface area is 78.6 Å². The summed E-state index contributed by atoms with van der Waals surface area (Å²) in [6.45, 7) is 6.29. The Bertz CT molecular complexity index is 322. The molecule has 1 aromatic heterocycles. The van der Waals surface area contributed by atoms with Gasteiger partial charge in [-0.1, -0.05) is 0 Å². The number of aromatic nitrogens is 2. The first-order chi connectivity index (χ1) is 6.16. The van der Waals surface area contributed by atoms with Crippen molar-refractivity contribution in [2.75, 3.05) is 0 Å². The van der Waals surface area contributed by atoms with Crippen molar-refractivity contribution in [3.05, 3.63) is 23.3 Å². The molecule has 2 rings (SSSR count). The third kappa shape index (κ3) is 1.56. The molecule has 1 aliphatic heterocycles. The molecule has 3 nitrogen and oxygen atoms in total. The topological polar surface area (TPSA) is 37.8 Å². The van der Waals surface area contributed by atoms with Crippen molar-refractivity contribution in [3.63, 3.8) is 0 Å². The van der Waals surface area contributed by atoms with Crippen LogP contribution in [-0.4, -0.2) is 16.0 Å². The predicted molar refractivity (Wildman–Crippen MR) is 51.5 cm³/mol. The quantitative estimate of drug-likeness (QED) is 0.650. The van der Waals surface area contributed by atoms with Gasteiger partial charge in [-0.2, -0.15) is 0 Å². The maximum atomic E-state index is 4.46. The zero-order chi connectivity index (χ0) is 9.42. The smallest absolute Gasteiger partial charge is 0.125 e. The summed E-state index contributed by atoms with van der Waals surface area (Å²) < 4.78 is 0. The first-order valence-electron chi connectivity index (χ1n) is 4.75. The van der Waals surface area contributed by atoms with Gasteiger partial charge in [0.2, 0.25) is 0 Å². The largest absolute Gasteiger partial charge is 0.307 e. The van der Waals surface area contributed by atoms with E-state index in [2.05, 4.69) is 29.1 Å². The third-order valence-electron chi connectivity index (χ3n) is 2.52. The molecular weight excluding hydrogens is 162 g/mol. The van der Waals surface area contributed by atoms with E-state index in [-0.39, 0.29) is 0 Å². The normalized spacial score (nSPS) is 27.0. The van der Waals surface area contributed by atoms with Crippen molar-refractivity contribution in [2.24, 2.45) is 0 Å². The van der Waals surface area contributed by atoms with Crippen molar-refractivity contribution < 1.29 is 0 Å². The second-order valence-electron chi connectivity index (χ2n) is 3.81. The van der Waals surface area contributed by atoms with Crippen molar-refractivity contribution in [3.8, 4) is 0 Å². The van der Waals surface area contributed by atoms with Crippen molar-refractivity contribution >= 4 is 0 Å². The molecule has 70 valence electrons. The Morgan fingerprint density at radius 1 is 1.46 bits per heavy atom. The number of fused-ring (bicyclic) bond motifs is 1. The van der Waals surface area contributed by atoms with Crippen molar-refractivity contribution in [2.45, 2.75) is 39.3 Å². The van der Waals surface area contributed by atoms with Gasteiger partial charge in [-0.3, -0.25) is 0 Å². The lowest BCUT2D eigenvalue weighted by molar-refractivity contribution is 0.436. The van der Waals surface area contributed by atoms with E-state index in [0.29, 0.717) is 12.1 Å². The Morgan fingerprint density at radius 2 is 2.23 bits per heavy atom. The summed E-state index contributed by atoms with van der Waals surface area (Å²) in [5.41, 5.74) is 2.47. The molecule has 0 aliphatic carbocycles. The van der Waals surface area contributed by atoms with Gasteiger partial charge in [0.1, 0.15) is 5.82 Å². The number of hydrogen-bond donors (Lipinski definition) is 1. The van der Waals surface area contributed by atoms with Crippen LogP contribution in [-0.2, 0) is 6.42 Å². The van der Waals surface area contributed by atoms with Gasteiger partial charge in [0.15, 0.2) is 0 Å². The van der Waals surface area contributed by atoms with E-state index in [0.717, 1.165) is 12.2 Å². The Hall–Kier alpha value is -0.960. The number of hydrogen-bond acceptors (Lipinski definition) is 3. The lowest BCUT2D eigenvalue weighted by Gasteiger charge is -2.27. The van der Waals surface area contributed by atoms with Gasteiger partial charge in [-0.25, -0.2) is 9.97 Å². The standard InChI is InChI=1S/C10H15N3/c1-6-4-10-9(7(2)12-6)5-11-8(3)13-10/h5-7,12H,4H2,1-3H3. The second kappa shape index (κ2) is 3.07. The van der Waals surface area contributed by atoms with Gasteiger partial charge >= 0.3 is 0 Å². The minimum Gasteiger partial charge on any atom is -0.307 e. The van der Waals surface area contributed by atoms with E-state index >= 15 is 0 Å². The average molecular weight is 177 g/mol. The SMILES string of the molecule is Cc1ncc2c(n1)CC(C)NC2C. The van der Waals surface area contributed by atoms with Crippen molar-refractivity contribution in [1.29, 1.82) is 0 Å². The number of nitrogens with zero attached hydrogens (tertiary/aromatic N) is 2. The highest BCUT2D eigenvalue weighted by molar-refractivity contribution is 5.24. The van der Waals surface area contributed by atoms with Crippen LogP contribution in [0.2, 0.25) is 0 Å². The first-order valence-corrected chi connectivity index (χ1v) is 4.75. The van der Waals surface area contributed by atoms with E-state index in [9.17, 15) is 0 Å². The fourth-order valence-corrected chi connectivity index (χ4v) is 1.92. The summed E-state index contributed by atoms with van der Waals surface area (Å²) in [6.07, 6.45) is 2.96. The van der Waals surface area contributed by atoms with Gasteiger partial charge in [-0.15, -0.1) is 0 Å². The Balaban J connectivity index is 2.43. The van der Waals surface area contributed by atoms with Crippen LogP contribution in [0.3, 0.4) is 0 Å². The predicted octanol–water partition coefficient (Wildman–Crippen LogP) is 1.38. The fraction of sp³-hybridized carbons (Fsp3) is 0.600. The van der Waals surface area contributed by atoms with Crippen LogP contribution >= 0.6 is 0 Å². The molecule has 0 radical (unpaired) electrons. The molecule has 1 aliphatic rings. The van der Waals surface area contributed by atoms with E-state index in [1.807, 2.05) is 13.1 Å². The highest BCUT2D eigenvalue weighted by Crippen LogP contribution is 2.22. The van der Waals surface area contributed by atoms with E-state index < -0.39 is 0 Å².